The third kappa shape index (κ3) is 0.789. The van der Waals surface area contributed by atoms with Gasteiger partial charge in [0.25, 0.3) is 0 Å². The van der Waals surface area contributed by atoms with Crippen molar-refractivity contribution in [3.63, 3.8) is 0 Å². The first-order valence-corrected chi connectivity index (χ1v) is 4.14. The molecule has 2 rings (SSSR count). The lowest BCUT2D eigenvalue weighted by Crippen LogP contribution is -2.48. The van der Waals surface area contributed by atoms with E-state index < -0.39 is 0 Å². The molecular weight excluding hydrogens is 126 g/mol. The van der Waals surface area contributed by atoms with Gasteiger partial charge in [-0.15, -0.1) is 0 Å². The van der Waals surface area contributed by atoms with Crippen LogP contribution in [-0.4, -0.2) is 18.2 Å². The molecule has 1 saturated heterocycles. The predicted molar refractivity (Wildman–Crippen MR) is 39.7 cm³/mol. The van der Waals surface area contributed by atoms with Crippen molar-refractivity contribution in [2.45, 2.75) is 37.8 Å². The molecule has 1 aliphatic carbocycles. The van der Waals surface area contributed by atoms with Gasteiger partial charge < -0.3 is 10.5 Å². The zero-order valence-electron chi connectivity index (χ0n) is 6.47. The zero-order chi connectivity index (χ0) is 7.19. The lowest BCUT2D eigenvalue weighted by Gasteiger charge is -2.26. The van der Waals surface area contributed by atoms with Gasteiger partial charge in [0.15, 0.2) is 0 Å². The van der Waals surface area contributed by atoms with Gasteiger partial charge in [-0.05, 0) is 32.1 Å². The van der Waals surface area contributed by atoms with E-state index in [2.05, 4.69) is 6.92 Å². The summed E-state index contributed by atoms with van der Waals surface area (Å²) in [4.78, 5) is 0. The van der Waals surface area contributed by atoms with Gasteiger partial charge >= 0.3 is 0 Å². The topological polar surface area (TPSA) is 35.2 Å². The maximum Gasteiger partial charge on any atom is 0.0729 e. The fourth-order valence-electron chi connectivity index (χ4n) is 1.93. The number of hydrogen-bond donors (Lipinski definition) is 1. The third-order valence-electron chi connectivity index (χ3n) is 3.00. The first-order valence-electron chi connectivity index (χ1n) is 4.14. The summed E-state index contributed by atoms with van der Waals surface area (Å²) in [5.74, 6) is 0.769. The summed E-state index contributed by atoms with van der Waals surface area (Å²) in [5, 5.41) is 0. The first-order chi connectivity index (χ1) is 4.73. The van der Waals surface area contributed by atoms with Gasteiger partial charge in [-0.3, -0.25) is 0 Å². The van der Waals surface area contributed by atoms with E-state index in [0.717, 1.165) is 18.9 Å². The van der Waals surface area contributed by atoms with Crippen LogP contribution in [0.1, 0.15) is 26.2 Å². The largest absolute Gasteiger partial charge is 0.377 e. The molecule has 1 heterocycles. The van der Waals surface area contributed by atoms with Gasteiger partial charge in [0.05, 0.1) is 6.10 Å². The highest BCUT2D eigenvalue weighted by molar-refractivity contribution is 5.04. The lowest BCUT2D eigenvalue weighted by molar-refractivity contribution is 0.0890. The van der Waals surface area contributed by atoms with Crippen LogP contribution in [0, 0.1) is 5.92 Å². The summed E-state index contributed by atoms with van der Waals surface area (Å²) in [6.07, 6.45) is 4.01. The molecule has 0 amide bonds. The number of rotatable bonds is 1. The van der Waals surface area contributed by atoms with E-state index in [1.807, 2.05) is 0 Å². The smallest absolute Gasteiger partial charge is 0.0729 e. The fraction of sp³-hybridized carbons (Fsp3) is 1.00. The van der Waals surface area contributed by atoms with Crippen molar-refractivity contribution < 1.29 is 4.74 Å². The van der Waals surface area contributed by atoms with Crippen LogP contribution < -0.4 is 5.73 Å². The normalized spacial score (nSPS) is 48.0. The van der Waals surface area contributed by atoms with Gasteiger partial charge in [0.1, 0.15) is 0 Å². The van der Waals surface area contributed by atoms with Gasteiger partial charge in [0, 0.05) is 12.1 Å². The molecule has 0 aromatic heterocycles. The van der Waals surface area contributed by atoms with Crippen molar-refractivity contribution in [3.8, 4) is 0 Å². The molecular formula is C8H15NO. The predicted octanol–water partition coefficient (Wildman–Crippen LogP) is 0.903. The molecule has 2 N–H and O–H groups in total. The van der Waals surface area contributed by atoms with Crippen molar-refractivity contribution >= 4 is 0 Å². The Hall–Kier alpha value is -0.0800. The van der Waals surface area contributed by atoms with E-state index in [9.17, 15) is 0 Å². The van der Waals surface area contributed by atoms with Crippen LogP contribution in [0.25, 0.3) is 0 Å². The highest BCUT2D eigenvalue weighted by Crippen LogP contribution is 2.44. The summed E-state index contributed by atoms with van der Waals surface area (Å²) in [7, 11) is 0. The van der Waals surface area contributed by atoms with Gasteiger partial charge in [-0.2, -0.15) is 0 Å². The molecule has 0 radical (unpaired) electrons. The highest BCUT2D eigenvalue weighted by atomic mass is 16.5. The standard InChI is InChI=1S/C8H15NO/c1-6-8(9,4-5-10-6)7-2-3-7/h6-7H,2-5,9H2,1H3. The number of hydrogen-bond acceptors (Lipinski definition) is 2. The van der Waals surface area contributed by atoms with Gasteiger partial charge in [-0.1, -0.05) is 0 Å². The highest BCUT2D eigenvalue weighted by Gasteiger charge is 2.49. The van der Waals surface area contributed by atoms with Crippen LogP contribution in [0.4, 0.5) is 0 Å². The van der Waals surface area contributed by atoms with E-state index in [1.54, 1.807) is 0 Å². The maximum absolute atomic E-state index is 6.18. The van der Waals surface area contributed by atoms with E-state index in [4.69, 9.17) is 10.5 Å². The Kier molecular flexibility index (Phi) is 1.29. The summed E-state index contributed by atoms with van der Waals surface area (Å²) in [6, 6.07) is 0. The second-order valence-corrected chi connectivity index (χ2v) is 3.65. The monoisotopic (exact) mass is 141 g/mol. The lowest BCUT2D eigenvalue weighted by atomic mass is 9.88. The Morgan fingerprint density at radius 2 is 2.20 bits per heavy atom. The van der Waals surface area contributed by atoms with Crippen molar-refractivity contribution in [3.05, 3.63) is 0 Å². The zero-order valence-corrected chi connectivity index (χ0v) is 6.47. The van der Waals surface area contributed by atoms with E-state index in [0.29, 0.717) is 6.10 Å². The molecule has 2 atom stereocenters. The molecule has 58 valence electrons. The molecule has 0 bridgehead atoms. The number of ether oxygens (including phenoxy) is 1. The van der Waals surface area contributed by atoms with Crippen molar-refractivity contribution in [1.29, 1.82) is 0 Å². The van der Waals surface area contributed by atoms with Crippen molar-refractivity contribution in [1.82, 2.24) is 0 Å². The molecule has 2 heteroatoms. The molecule has 0 aromatic rings. The minimum Gasteiger partial charge on any atom is -0.377 e. The summed E-state index contributed by atoms with van der Waals surface area (Å²) < 4.78 is 5.44. The van der Waals surface area contributed by atoms with Gasteiger partial charge in [-0.25, -0.2) is 0 Å². The van der Waals surface area contributed by atoms with E-state index >= 15 is 0 Å². The Morgan fingerprint density at radius 1 is 1.50 bits per heavy atom. The Balaban J connectivity index is 2.10. The van der Waals surface area contributed by atoms with E-state index in [1.165, 1.54) is 12.8 Å². The second-order valence-electron chi connectivity index (χ2n) is 3.65. The molecule has 2 aliphatic rings. The molecule has 0 aromatic carbocycles. The minimum atomic E-state index is 0.0417. The fourth-order valence-corrected chi connectivity index (χ4v) is 1.93. The van der Waals surface area contributed by atoms with Crippen LogP contribution in [-0.2, 0) is 4.74 Å². The quantitative estimate of drug-likeness (QED) is 0.589. The average Bonchev–Trinajstić information content (AvgIpc) is 2.65. The third-order valence-corrected chi connectivity index (χ3v) is 3.00. The molecule has 2 unspecified atom stereocenters. The van der Waals surface area contributed by atoms with Crippen LogP contribution in [0.3, 0.4) is 0 Å². The molecule has 0 spiro atoms. The Morgan fingerprint density at radius 3 is 2.60 bits per heavy atom. The Labute approximate surface area is 61.7 Å². The van der Waals surface area contributed by atoms with Gasteiger partial charge in [0.2, 0.25) is 0 Å². The van der Waals surface area contributed by atoms with Crippen LogP contribution in [0.2, 0.25) is 0 Å². The van der Waals surface area contributed by atoms with Crippen LogP contribution >= 0.6 is 0 Å². The number of nitrogens with two attached hydrogens (primary N) is 1. The molecule has 1 aliphatic heterocycles. The molecule has 2 nitrogen and oxygen atoms in total. The summed E-state index contributed by atoms with van der Waals surface area (Å²) >= 11 is 0. The van der Waals surface area contributed by atoms with Crippen molar-refractivity contribution in [2.24, 2.45) is 11.7 Å². The maximum atomic E-state index is 6.18. The second kappa shape index (κ2) is 1.95. The summed E-state index contributed by atoms with van der Waals surface area (Å²) in [6.45, 7) is 2.97. The average molecular weight is 141 g/mol. The SMILES string of the molecule is CC1OCCC1(N)C1CC1. The Bertz CT molecular complexity index is 144. The molecule has 2 fully saturated rings. The summed E-state index contributed by atoms with van der Waals surface area (Å²) in [5.41, 5.74) is 6.22. The van der Waals surface area contributed by atoms with E-state index in [-0.39, 0.29) is 5.54 Å². The minimum absolute atomic E-state index is 0.0417. The van der Waals surface area contributed by atoms with Crippen molar-refractivity contribution in [2.75, 3.05) is 6.61 Å². The van der Waals surface area contributed by atoms with Crippen LogP contribution in [0.15, 0.2) is 0 Å². The first kappa shape index (κ1) is 6.62. The molecule has 10 heavy (non-hydrogen) atoms. The molecule has 1 saturated carbocycles. The van der Waals surface area contributed by atoms with Crippen LogP contribution in [0.5, 0.6) is 0 Å².